The number of hydrogen-bond acceptors (Lipinski definition) is 7. The summed E-state index contributed by atoms with van der Waals surface area (Å²) in [6.07, 6.45) is 3.53. The van der Waals surface area contributed by atoms with E-state index in [9.17, 15) is 18.0 Å². The summed E-state index contributed by atoms with van der Waals surface area (Å²) in [6, 6.07) is 6.78. The number of benzene rings is 1. The molecule has 0 aliphatic rings. The van der Waals surface area contributed by atoms with Gasteiger partial charge in [0.2, 0.25) is 16.6 Å². The zero-order chi connectivity index (χ0) is 25.2. The highest BCUT2D eigenvalue weighted by molar-refractivity contribution is 9.10. The first-order chi connectivity index (χ1) is 15.4. The Bertz CT molecular complexity index is 1000. The van der Waals surface area contributed by atoms with Crippen molar-refractivity contribution < 1.29 is 27.3 Å². The number of carbonyl (C=O) groups is 2. The summed E-state index contributed by atoms with van der Waals surface area (Å²) in [4.78, 5) is 25.3. The topological polar surface area (TPSA) is 93.2 Å². The lowest BCUT2D eigenvalue weighted by Gasteiger charge is -2.39. The molecule has 1 aromatic rings. The summed E-state index contributed by atoms with van der Waals surface area (Å²) in [5, 5.41) is 0. The minimum absolute atomic E-state index is 0.180. The molecule has 8 nitrogen and oxygen atoms in total. The molecule has 0 aliphatic carbocycles. The van der Waals surface area contributed by atoms with E-state index in [2.05, 4.69) is 29.1 Å². The molecule has 0 radical (unpaired) electrons. The minimum atomic E-state index is -4.04. The minimum Gasteiger partial charge on any atom is -0.454 e. The number of nitrogens with zero attached hydrogens (tertiary/aromatic N) is 2. The van der Waals surface area contributed by atoms with Gasteiger partial charge in [0.25, 0.3) is 0 Å². The fourth-order valence-electron chi connectivity index (χ4n) is 2.74. The fraction of sp³-hybridized carbons (Fsp3) is 0.429. The van der Waals surface area contributed by atoms with Gasteiger partial charge in [0.1, 0.15) is 6.61 Å². The molecule has 0 saturated carbocycles. The van der Waals surface area contributed by atoms with Gasteiger partial charge in [-0.25, -0.2) is 13.2 Å². The Labute approximate surface area is 210 Å². The van der Waals surface area contributed by atoms with Crippen molar-refractivity contribution in [3.63, 3.8) is 0 Å². The van der Waals surface area contributed by atoms with Crippen LogP contribution in [0.4, 0.5) is 0 Å². The molecule has 0 N–H and O–H groups in total. The number of halogens is 1. The molecule has 1 aromatic carbocycles. The molecule has 12 heteroatoms. The molecule has 0 bridgehead atoms. The number of rotatable bonds is 13. The summed E-state index contributed by atoms with van der Waals surface area (Å²) in [6.45, 7) is 6.58. The van der Waals surface area contributed by atoms with E-state index in [1.165, 1.54) is 19.2 Å². The Hall–Kier alpha value is -1.36. The number of carbonyl (C=O) groups excluding carboxylic acids is 2. The van der Waals surface area contributed by atoms with E-state index >= 15 is 0 Å². The molecule has 0 heterocycles. The van der Waals surface area contributed by atoms with Crippen molar-refractivity contribution in [1.29, 1.82) is 0 Å². The van der Waals surface area contributed by atoms with Crippen LogP contribution in [0, 0.1) is 0 Å². The Morgan fingerprint density at radius 3 is 2.36 bits per heavy atom. The van der Waals surface area contributed by atoms with Crippen LogP contribution >= 0.6 is 22.5 Å². The van der Waals surface area contributed by atoms with Gasteiger partial charge in [0.15, 0.2) is 0 Å². The van der Waals surface area contributed by atoms with Crippen molar-refractivity contribution in [2.75, 3.05) is 20.2 Å². The summed E-state index contributed by atoms with van der Waals surface area (Å²) < 4.78 is 40.3. The second-order valence-corrected chi connectivity index (χ2v) is 14.0. The molecule has 184 valence electrons. The maximum atomic E-state index is 13.3. The van der Waals surface area contributed by atoms with Gasteiger partial charge in [-0.15, -0.1) is 10.7 Å². The molecule has 1 amide bonds. The standard InChI is InChI=1S/C21H30BrN2O6PS2/c1-6-9-17(4)30-31(32,24(14-7-2)20(25)21(26)29-15-8-3)23(5)33(27,28)16-18-10-12-19(22)13-11-18/h7-8,10-13,17H,2-3,6,9,14-16H2,1,4-5H3. The molecule has 1 rings (SSSR count). The van der Waals surface area contributed by atoms with Gasteiger partial charge in [-0.05, 0) is 42.8 Å². The molecule has 2 atom stereocenters. The lowest BCUT2D eigenvalue weighted by molar-refractivity contribution is -0.157. The summed E-state index contributed by atoms with van der Waals surface area (Å²) in [7, 11) is -2.77. The highest BCUT2D eigenvalue weighted by Crippen LogP contribution is 2.57. The normalized spacial score (nSPS) is 14.2. The third-order valence-corrected chi connectivity index (χ3v) is 12.0. The zero-order valence-electron chi connectivity index (χ0n) is 19.0. The molecular formula is C21H30BrN2O6PS2. The number of hydrogen-bond donors (Lipinski definition) is 0. The van der Waals surface area contributed by atoms with Crippen molar-refractivity contribution in [2.24, 2.45) is 0 Å². The van der Waals surface area contributed by atoms with Crippen LogP contribution < -0.4 is 0 Å². The molecule has 2 unspecified atom stereocenters. The average molecular weight is 581 g/mol. The highest BCUT2D eigenvalue weighted by atomic mass is 79.9. The van der Waals surface area contributed by atoms with Crippen LogP contribution in [0.5, 0.6) is 0 Å². The van der Waals surface area contributed by atoms with Crippen molar-refractivity contribution in [3.8, 4) is 0 Å². The van der Waals surface area contributed by atoms with E-state index in [1.807, 2.05) is 6.92 Å². The van der Waals surface area contributed by atoms with Crippen LogP contribution in [0.15, 0.2) is 54.0 Å². The first kappa shape index (κ1) is 29.7. The van der Waals surface area contributed by atoms with Gasteiger partial charge in [0, 0.05) is 18.1 Å². The van der Waals surface area contributed by atoms with Crippen molar-refractivity contribution in [2.45, 2.75) is 38.5 Å². The fourth-order valence-corrected chi connectivity index (χ4v) is 9.15. The van der Waals surface area contributed by atoms with E-state index in [-0.39, 0.29) is 18.9 Å². The Balaban J connectivity index is 3.46. The predicted molar refractivity (Wildman–Crippen MR) is 137 cm³/mol. The van der Waals surface area contributed by atoms with E-state index in [0.717, 1.165) is 19.6 Å². The van der Waals surface area contributed by atoms with Gasteiger partial charge in [0.05, 0.1) is 11.9 Å². The van der Waals surface area contributed by atoms with Gasteiger partial charge in [-0.2, -0.15) is 0 Å². The van der Waals surface area contributed by atoms with Crippen molar-refractivity contribution in [1.82, 2.24) is 8.75 Å². The third-order valence-electron chi connectivity index (χ3n) is 4.38. The smallest absolute Gasteiger partial charge is 0.397 e. The molecule has 33 heavy (non-hydrogen) atoms. The zero-order valence-corrected chi connectivity index (χ0v) is 23.1. The van der Waals surface area contributed by atoms with Gasteiger partial charge in [-0.1, -0.05) is 60.1 Å². The quantitative estimate of drug-likeness (QED) is 0.148. The van der Waals surface area contributed by atoms with Gasteiger partial charge >= 0.3 is 11.9 Å². The van der Waals surface area contributed by atoms with Crippen LogP contribution in [0.2, 0.25) is 0 Å². The van der Waals surface area contributed by atoms with E-state index in [0.29, 0.717) is 12.0 Å². The first-order valence-electron chi connectivity index (χ1n) is 10.1. The van der Waals surface area contributed by atoms with E-state index in [4.69, 9.17) is 21.1 Å². The van der Waals surface area contributed by atoms with E-state index in [1.54, 1.807) is 31.2 Å². The highest BCUT2D eigenvalue weighted by Gasteiger charge is 2.44. The Morgan fingerprint density at radius 2 is 1.85 bits per heavy atom. The first-order valence-corrected chi connectivity index (χ1v) is 15.2. The van der Waals surface area contributed by atoms with Crippen LogP contribution in [0.25, 0.3) is 0 Å². The van der Waals surface area contributed by atoms with Gasteiger partial charge in [-0.3, -0.25) is 9.46 Å². The number of amides is 1. The summed E-state index contributed by atoms with van der Waals surface area (Å²) >= 11 is 9.07. The van der Waals surface area contributed by atoms with Crippen molar-refractivity contribution in [3.05, 3.63) is 59.6 Å². The van der Waals surface area contributed by atoms with Crippen LogP contribution in [-0.4, -0.2) is 55.3 Å². The number of ether oxygens (including phenoxy) is 1. The average Bonchev–Trinajstić information content (AvgIpc) is 2.76. The summed E-state index contributed by atoms with van der Waals surface area (Å²) in [5.41, 5.74) is 0.528. The molecule has 0 spiro atoms. The molecule has 0 aliphatic heterocycles. The van der Waals surface area contributed by atoms with Crippen LogP contribution in [-0.2, 0) is 46.4 Å². The molecular weight excluding hydrogens is 551 g/mol. The Kier molecular flexibility index (Phi) is 12.1. The second kappa shape index (κ2) is 13.5. The number of sulfonamides is 1. The van der Waals surface area contributed by atoms with Crippen LogP contribution in [0.3, 0.4) is 0 Å². The van der Waals surface area contributed by atoms with E-state index < -0.39 is 34.6 Å². The second-order valence-electron chi connectivity index (χ2n) is 7.08. The lowest BCUT2D eigenvalue weighted by atomic mass is 10.2. The Morgan fingerprint density at radius 1 is 1.24 bits per heavy atom. The number of esters is 1. The van der Waals surface area contributed by atoms with Crippen molar-refractivity contribution >= 4 is 56.2 Å². The van der Waals surface area contributed by atoms with Gasteiger partial charge < -0.3 is 9.26 Å². The maximum Gasteiger partial charge on any atom is 0.397 e. The SMILES string of the molecule is C=CCOC(=O)C(=O)N(CC=C)P(=S)(OC(C)CCC)N(C)S(=O)(=O)Cc1ccc(Br)cc1. The molecule has 0 fully saturated rings. The maximum absolute atomic E-state index is 13.3. The molecule has 0 saturated heterocycles. The third kappa shape index (κ3) is 8.42. The monoisotopic (exact) mass is 580 g/mol. The molecule has 0 aromatic heterocycles. The largest absolute Gasteiger partial charge is 0.454 e. The van der Waals surface area contributed by atoms with Crippen LogP contribution in [0.1, 0.15) is 32.3 Å². The predicted octanol–water partition coefficient (Wildman–Crippen LogP) is 4.38. The summed E-state index contributed by atoms with van der Waals surface area (Å²) in [5.74, 6) is -2.65. The lowest BCUT2D eigenvalue weighted by Crippen LogP contribution is -2.42.